The summed E-state index contributed by atoms with van der Waals surface area (Å²) < 4.78 is 5.31. The molecule has 0 atom stereocenters. The normalized spacial score (nSPS) is 14.3. The average Bonchev–Trinajstić information content (AvgIpc) is 3.18. The molecule has 3 rings (SSSR count). The summed E-state index contributed by atoms with van der Waals surface area (Å²) in [6.07, 6.45) is 4.84. The summed E-state index contributed by atoms with van der Waals surface area (Å²) in [5, 5.41) is 3.34. The maximum atomic E-state index is 5.53. The van der Waals surface area contributed by atoms with Gasteiger partial charge >= 0.3 is 0 Å². The van der Waals surface area contributed by atoms with E-state index in [1.165, 1.54) is 12.8 Å². The average molecular weight is 273 g/mol. The van der Waals surface area contributed by atoms with Gasteiger partial charge in [0.25, 0.3) is 0 Å². The molecule has 6 nitrogen and oxygen atoms in total. The van der Waals surface area contributed by atoms with Crippen LogP contribution in [0.1, 0.15) is 35.9 Å². The van der Waals surface area contributed by atoms with Crippen LogP contribution >= 0.6 is 0 Å². The quantitative estimate of drug-likeness (QED) is 0.552. The van der Waals surface area contributed by atoms with Crippen molar-refractivity contribution in [1.82, 2.24) is 9.97 Å². The van der Waals surface area contributed by atoms with Crippen LogP contribution in [0.25, 0.3) is 0 Å². The van der Waals surface area contributed by atoms with Crippen molar-refractivity contribution in [3.8, 4) is 0 Å². The van der Waals surface area contributed by atoms with E-state index in [0.717, 1.165) is 35.9 Å². The van der Waals surface area contributed by atoms with Gasteiger partial charge in [0, 0.05) is 24.4 Å². The number of anilines is 2. The van der Waals surface area contributed by atoms with Gasteiger partial charge < -0.3 is 15.2 Å². The number of nitrogens with two attached hydrogens (primary N) is 1. The maximum absolute atomic E-state index is 5.53. The lowest BCUT2D eigenvalue weighted by atomic mass is 10.2. The minimum absolute atomic E-state index is 0.494. The van der Waals surface area contributed by atoms with Crippen LogP contribution in [0.3, 0.4) is 0 Å². The number of aromatic nitrogens is 2. The first kappa shape index (κ1) is 12.9. The van der Waals surface area contributed by atoms with Crippen LogP contribution in [0.2, 0.25) is 0 Å². The van der Waals surface area contributed by atoms with Gasteiger partial charge in [-0.2, -0.15) is 0 Å². The Morgan fingerprint density at radius 2 is 2.15 bits per heavy atom. The molecule has 2 aromatic heterocycles. The van der Waals surface area contributed by atoms with Crippen LogP contribution in [-0.4, -0.2) is 16.5 Å². The second-order valence-electron chi connectivity index (χ2n) is 5.08. The number of hydrogen-bond donors (Lipinski definition) is 3. The number of hydrazine groups is 1. The standard InChI is InChI=1S/C14H19N5O/c1-9-12(16-7-6-11-3-2-8-20-11)17-14(10-4-5-10)18-13(9)19-15/h2-3,8,10H,4-7,15H2,1H3,(H2,16,17,18,19). The molecular weight excluding hydrogens is 254 g/mol. The Bertz CT molecular complexity index is 578. The van der Waals surface area contributed by atoms with Crippen LogP contribution in [0.15, 0.2) is 22.8 Å². The highest BCUT2D eigenvalue weighted by Crippen LogP contribution is 2.39. The highest BCUT2D eigenvalue weighted by atomic mass is 16.3. The number of nitrogens with one attached hydrogen (secondary N) is 2. The minimum atomic E-state index is 0.494. The third-order valence-electron chi connectivity index (χ3n) is 3.49. The second-order valence-corrected chi connectivity index (χ2v) is 5.08. The van der Waals surface area contributed by atoms with E-state index in [-0.39, 0.29) is 0 Å². The molecule has 0 amide bonds. The lowest BCUT2D eigenvalue weighted by Crippen LogP contribution is -2.15. The molecule has 4 N–H and O–H groups in total. The van der Waals surface area contributed by atoms with Crippen molar-refractivity contribution >= 4 is 11.6 Å². The summed E-state index contributed by atoms with van der Waals surface area (Å²) in [6, 6.07) is 3.87. The summed E-state index contributed by atoms with van der Waals surface area (Å²) in [5.41, 5.74) is 3.59. The summed E-state index contributed by atoms with van der Waals surface area (Å²) in [4.78, 5) is 9.08. The lowest BCUT2D eigenvalue weighted by Gasteiger charge is -2.13. The highest BCUT2D eigenvalue weighted by molar-refractivity contribution is 5.57. The van der Waals surface area contributed by atoms with Gasteiger partial charge in [-0.1, -0.05) is 0 Å². The van der Waals surface area contributed by atoms with Crippen LogP contribution in [0.4, 0.5) is 11.6 Å². The van der Waals surface area contributed by atoms with E-state index in [0.29, 0.717) is 11.7 Å². The Morgan fingerprint density at radius 3 is 2.80 bits per heavy atom. The molecule has 0 saturated heterocycles. The van der Waals surface area contributed by atoms with Crippen LogP contribution in [0, 0.1) is 6.92 Å². The van der Waals surface area contributed by atoms with Crippen LogP contribution in [-0.2, 0) is 6.42 Å². The van der Waals surface area contributed by atoms with Gasteiger partial charge in [0.05, 0.1) is 6.26 Å². The Morgan fingerprint density at radius 1 is 1.35 bits per heavy atom. The van der Waals surface area contributed by atoms with Crippen molar-refractivity contribution in [3.05, 3.63) is 35.5 Å². The number of furan rings is 1. The predicted octanol–water partition coefficient (Wildman–Crippen LogP) is 2.20. The molecule has 6 heteroatoms. The monoisotopic (exact) mass is 273 g/mol. The molecule has 106 valence electrons. The molecule has 0 unspecified atom stereocenters. The second kappa shape index (κ2) is 5.50. The lowest BCUT2D eigenvalue weighted by molar-refractivity contribution is 0.513. The topological polar surface area (TPSA) is 89.0 Å². The van der Waals surface area contributed by atoms with E-state index in [9.17, 15) is 0 Å². The fourth-order valence-corrected chi connectivity index (χ4v) is 2.13. The Kier molecular flexibility index (Phi) is 3.56. The van der Waals surface area contributed by atoms with Crippen molar-refractivity contribution in [2.24, 2.45) is 5.84 Å². The summed E-state index contributed by atoms with van der Waals surface area (Å²) >= 11 is 0. The van der Waals surface area contributed by atoms with Crippen molar-refractivity contribution in [2.45, 2.75) is 32.1 Å². The summed E-state index contributed by atoms with van der Waals surface area (Å²) in [7, 11) is 0. The van der Waals surface area contributed by atoms with E-state index >= 15 is 0 Å². The third-order valence-corrected chi connectivity index (χ3v) is 3.49. The first-order chi connectivity index (χ1) is 9.78. The van der Waals surface area contributed by atoms with Gasteiger partial charge in [-0.05, 0) is 31.9 Å². The van der Waals surface area contributed by atoms with E-state index in [4.69, 9.17) is 10.3 Å². The zero-order valence-corrected chi connectivity index (χ0v) is 11.5. The van der Waals surface area contributed by atoms with E-state index in [2.05, 4.69) is 20.7 Å². The van der Waals surface area contributed by atoms with Crippen molar-refractivity contribution in [2.75, 3.05) is 17.3 Å². The molecule has 0 radical (unpaired) electrons. The molecule has 1 fully saturated rings. The maximum Gasteiger partial charge on any atom is 0.148 e. The molecular formula is C14H19N5O. The van der Waals surface area contributed by atoms with Gasteiger partial charge in [-0.3, -0.25) is 0 Å². The van der Waals surface area contributed by atoms with Gasteiger partial charge in [-0.25, -0.2) is 15.8 Å². The zero-order chi connectivity index (χ0) is 13.9. The Balaban J connectivity index is 1.72. The molecule has 2 heterocycles. The first-order valence-electron chi connectivity index (χ1n) is 6.89. The van der Waals surface area contributed by atoms with Gasteiger partial charge in [0.2, 0.25) is 0 Å². The fraction of sp³-hybridized carbons (Fsp3) is 0.429. The fourth-order valence-electron chi connectivity index (χ4n) is 2.13. The number of nitrogens with zero attached hydrogens (tertiary/aromatic N) is 2. The first-order valence-corrected chi connectivity index (χ1v) is 6.89. The molecule has 0 bridgehead atoms. The predicted molar refractivity (Wildman–Crippen MR) is 77.5 cm³/mol. The molecule has 1 aliphatic rings. The smallest absolute Gasteiger partial charge is 0.148 e. The zero-order valence-electron chi connectivity index (χ0n) is 11.5. The molecule has 1 saturated carbocycles. The van der Waals surface area contributed by atoms with Crippen molar-refractivity contribution in [3.63, 3.8) is 0 Å². The Labute approximate surface area is 117 Å². The van der Waals surface area contributed by atoms with Gasteiger partial charge in [0.15, 0.2) is 0 Å². The SMILES string of the molecule is Cc1c(NN)nc(C2CC2)nc1NCCc1ccco1. The van der Waals surface area contributed by atoms with Crippen LogP contribution in [0.5, 0.6) is 0 Å². The van der Waals surface area contributed by atoms with Gasteiger partial charge in [0.1, 0.15) is 23.2 Å². The molecule has 20 heavy (non-hydrogen) atoms. The molecule has 2 aromatic rings. The number of hydrogen-bond acceptors (Lipinski definition) is 6. The minimum Gasteiger partial charge on any atom is -0.469 e. The highest BCUT2D eigenvalue weighted by Gasteiger charge is 2.28. The number of nitrogen functional groups attached to an aromatic ring is 1. The summed E-state index contributed by atoms with van der Waals surface area (Å²) in [6.45, 7) is 2.72. The number of rotatable bonds is 6. The molecule has 0 aromatic carbocycles. The van der Waals surface area contributed by atoms with Gasteiger partial charge in [-0.15, -0.1) is 0 Å². The summed E-state index contributed by atoms with van der Waals surface area (Å²) in [5.74, 6) is 9.41. The van der Waals surface area contributed by atoms with E-state index < -0.39 is 0 Å². The van der Waals surface area contributed by atoms with Crippen LogP contribution < -0.4 is 16.6 Å². The largest absolute Gasteiger partial charge is 0.469 e. The van der Waals surface area contributed by atoms with E-state index in [1.807, 2.05) is 19.1 Å². The molecule has 0 aliphatic heterocycles. The van der Waals surface area contributed by atoms with Crippen molar-refractivity contribution in [1.29, 1.82) is 0 Å². The molecule has 0 spiro atoms. The van der Waals surface area contributed by atoms with Crippen molar-refractivity contribution < 1.29 is 4.42 Å². The van der Waals surface area contributed by atoms with E-state index in [1.54, 1.807) is 6.26 Å². The Hall–Kier alpha value is -2.08. The molecule has 1 aliphatic carbocycles. The third kappa shape index (κ3) is 2.75.